The molecule has 0 bridgehead atoms. The van der Waals surface area contributed by atoms with Crippen LogP contribution in [0.4, 0.5) is 0 Å². The first-order chi connectivity index (χ1) is 10.0. The molecule has 0 amide bonds. The first-order valence-corrected chi connectivity index (χ1v) is 7.30. The largest absolute Gasteiger partial charge is 0.376 e. The molecule has 0 aliphatic carbocycles. The van der Waals surface area contributed by atoms with E-state index in [0.29, 0.717) is 11.6 Å². The van der Waals surface area contributed by atoms with Crippen LogP contribution in [0.2, 0.25) is 0 Å². The summed E-state index contributed by atoms with van der Waals surface area (Å²) in [4.78, 5) is 0. The minimum Gasteiger partial charge on any atom is -0.376 e. The number of hydrogen-bond acceptors (Lipinski definition) is 5. The maximum atomic E-state index is 5.67. The number of ether oxygens (including phenoxy) is 1. The zero-order chi connectivity index (χ0) is 15.1. The summed E-state index contributed by atoms with van der Waals surface area (Å²) >= 11 is 0. The fraction of sp³-hybridized carbons (Fsp3) is 0.500. The lowest BCUT2D eigenvalue weighted by Crippen LogP contribution is -2.19. The van der Waals surface area contributed by atoms with Crippen LogP contribution in [-0.4, -0.2) is 32.6 Å². The van der Waals surface area contributed by atoms with E-state index < -0.39 is 0 Å². The zero-order valence-corrected chi connectivity index (χ0v) is 12.9. The third kappa shape index (κ3) is 5.55. The van der Waals surface area contributed by atoms with E-state index in [1.54, 1.807) is 0 Å². The summed E-state index contributed by atoms with van der Waals surface area (Å²) < 4.78 is 5.67. The van der Waals surface area contributed by atoms with E-state index in [4.69, 9.17) is 4.74 Å². The molecule has 0 atom stereocenters. The van der Waals surface area contributed by atoms with Gasteiger partial charge in [0.15, 0.2) is 5.82 Å². The lowest BCUT2D eigenvalue weighted by molar-refractivity contribution is -0.00456. The van der Waals surface area contributed by atoms with Crippen molar-refractivity contribution in [3.8, 4) is 11.4 Å². The minimum atomic E-state index is -0.0725. The molecule has 1 heterocycles. The Morgan fingerprint density at radius 3 is 2.19 bits per heavy atom. The average molecular weight is 286 g/mol. The summed E-state index contributed by atoms with van der Waals surface area (Å²) in [5, 5.41) is 16.5. The number of nitrogens with zero attached hydrogens (tertiary/aromatic N) is 4. The topological polar surface area (TPSA) is 60.8 Å². The van der Waals surface area contributed by atoms with E-state index in [-0.39, 0.29) is 5.60 Å². The fourth-order valence-corrected chi connectivity index (χ4v) is 1.82. The monoisotopic (exact) mass is 286 g/mol. The van der Waals surface area contributed by atoms with E-state index in [9.17, 15) is 0 Å². The molecule has 112 valence electrons. The number of unbranched alkanes of at least 4 members (excludes halogenated alkanes) is 1. The van der Waals surface area contributed by atoms with E-state index in [2.05, 4.69) is 41.2 Å². The van der Waals surface area contributed by atoms with E-state index >= 15 is 0 Å². The lowest BCUT2D eigenvalue weighted by Gasteiger charge is -2.19. The Bertz CT molecular complexity index is 534. The number of aromatic nitrogens is 4. The van der Waals surface area contributed by atoms with Gasteiger partial charge in [-0.25, -0.2) is 0 Å². The first kappa shape index (κ1) is 15.5. The predicted octanol–water partition coefficient (Wildman–Crippen LogP) is 3.07. The van der Waals surface area contributed by atoms with Crippen LogP contribution in [0.25, 0.3) is 11.4 Å². The summed E-state index contributed by atoms with van der Waals surface area (Å²) in [6.07, 6.45) is 2.74. The van der Waals surface area contributed by atoms with Crippen molar-refractivity contribution in [3.05, 3.63) is 36.2 Å². The fourth-order valence-electron chi connectivity index (χ4n) is 1.82. The van der Waals surface area contributed by atoms with Crippen LogP contribution in [0, 0.1) is 0 Å². The molecule has 2 rings (SSSR count). The molecule has 5 nitrogen and oxygen atoms in total. The molecule has 1 aromatic carbocycles. The van der Waals surface area contributed by atoms with Crippen molar-refractivity contribution in [2.24, 2.45) is 0 Å². The molecular formula is C16H22N4O. The number of hydrogen-bond donors (Lipinski definition) is 0. The molecule has 0 fully saturated rings. The Kier molecular flexibility index (Phi) is 5.33. The van der Waals surface area contributed by atoms with Gasteiger partial charge in [-0.1, -0.05) is 30.3 Å². The molecular weight excluding hydrogens is 264 g/mol. The Morgan fingerprint density at radius 2 is 1.57 bits per heavy atom. The minimum absolute atomic E-state index is 0.0725. The molecule has 5 heteroatoms. The van der Waals surface area contributed by atoms with Crippen LogP contribution in [0.3, 0.4) is 0 Å². The Labute approximate surface area is 125 Å². The van der Waals surface area contributed by atoms with Gasteiger partial charge in [-0.15, -0.1) is 20.4 Å². The van der Waals surface area contributed by atoms with Gasteiger partial charge in [0.05, 0.1) is 5.60 Å². The summed E-state index contributed by atoms with van der Waals surface area (Å²) in [5.74, 6) is 1.25. The smallest absolute Gasteiger partial charge is 0.203 e. The molecule has 2 aromatic rings. The Hall–Kier alpha value is -1.88. The molecule has 0 unspecified atom stereocenters. The third-order valence-corrected chi connectivity index (χ3v) is 2.88. The van der Waals surface area contributed by atoms with Crippen molar-refractivity contribution in [1.82, 2.24) is 20.4 Å². The molecule has 0 saturated carbocycles. The molecule has 0 N–H and O–H groups in total. The van der Waals surface area contributed by atoms with Crippen LogP contribution in [0.15, 0.2) is 30.3 Å². The van der Waals surface area contributed by atoms with E-state index in [1.165, 1.54) is 0 Å². The van der Waals surface area contributed by atoms with Crippen LogP contribution in [0.5, 0.6) is 0 Å². The van der Waals surface area contributed by atoms with Gasteiger partial charge < -0.3 is 4.74 Å². The summed E-state index contributed by atoms with van der Waals surface area (Å²) in [6, 6.07) is 9.74. The highest BCUT2D eigenvalue weighted by molar-refractivity contribution is 5.52. The van der Waals surface area contributed by atoms with Crippen LogP contribution >= 0.6 is 0 Å². The van der Waals surface area contributed by atoms with Gasteiger partial charge in [0.1, 0.15) is 0 Å². The standard InChI is InChI=1S/C16H22N4O/c1-16(2,3)21-12-8-7-11-14-17-19-15(20-18-14)13-9-5-4-6-10-13/h4-6,9-10H,7-8,11-12H2,1-3H3. The SMILES string of the molecule is CC(C)(C)OCCCCc1nnc(-c2ccccc2)nn1. The second kappa shape index (κ2) is 7.22. The summed E-state index contributed by atoms with van der Waals surface area (Å²) in [6.45, 7) is 6.94. The first-order valence-electron chi connectivity index (χ1n) is 7.30. The van der Waals surface area contributed by atoms with Gasteiger partial charge >= 0.3 is 0 Å². The van der Waals surface area contributed by atoms with Crippen LogP contribution in [-0.2, 0) is 11.2 Å². The van der Waals surface area contributed by atoms with Gasteiger partial charge in [-0.3, -0.25) is 0 Å². The third-order valence-electron chi connectivity index (χ3n) is 2.88. The van der Waals surface area contributed by atoms with Crippen molar-refractivity contribution < 1.29 is 4.74 Å². The van der Waals surface area contributed by atoms with Gasteiger partial charge in [0, 0.05) is 18.6 Å². The average Bonchev–Trinajstić information content (AvgIpc) is 2.47. The van der Waals surface area contributed by atoms with Crippen LogP contribution < -0.4 is 0 Å². The van der Waals surface area contributed by atoms with Gasteiger partial charge in [-0.05, 0) is 33.6 Å². The second-order valence-corrected chi connectivity index (χ2v) is 5.92. The molecule has 1 aromatic heterocycles. The van der Waals surface area contributed by atoms with Crippen molar-refractivity contribution in [2.75, 3.05) is 6.61 Å². The van der Waals surface area contributed by atoms with E-state index in [1.807, 2.05) is 30.3 Å². The Balaban J connectivity index is 1.78. The van der Waals surface area contributed by atoms with E-state index in [0.717, 1.165) is 31.4 Å². The lowest BCUT2D eigenvalue weighted by atomic mass is 10.2. The van der Waals surface area contributed by atoms with Gasteiger partial charge in [0.25, 0.3) is 0 Å². The van der Waals surface area contributed by atoms with Crippen molar-refractivity contribution in [1.29, 1.82) is 0 Å². The highest BCUT2D eigenvalue weighted by Gasteiger charge is 2.09. The summed E-state index contributed by atoms with van der Waals surface area (Å²) in [7, 11) is 0. The summed E-state index contributed by atoms with van der Waals surface area (Å²) in [5.41, 5.74) is 0.861. The zero-order valence-electron chi connectivity index (χ0n) is 12.9. The maximum absolute atomic E-state index is 5.67. The molecule has 0 radical (unpaired) electrons. The molecule has 0 aliphatic rings. The second-order valence-electron chi connectivity index (χ2n) is 5.92. The Morgan fingerprint density at radius 1 is 0.905 bits per heavy atom. The normalized spacial score (nSPS) is 11.6. The maximum Gasteiger partial charge on any atom is 0.203 e. The predicted molar refractivity (Wildman–Crippen MR) is 81.7 cm³/mol. The van der Waals surface area contributed by atoms with Crippen molar-refractivity contribution in [2.45, 2.75) is 45.6 Å². The molecule has 0 spiro atoms. The van der Waals surface area contributed by atoms with Crippen molar-refractivity contribution >= 4 is 0 Å². The molecule has 0 saturated heterocycles. The van der Waals surface area contributed by atoms with Gasteiger partial charge in [0.2, 0.25) is 5.82 Å². The number of aryl methyl sites for hydroxylation is 1. The van der Waals surface area contributed by atoms with Crippen molar-refractivity contribution in [3.63, 3.8) is 0 Å². The quantitative estimate of drug-likeness (QED) is 0.764. The van der Waals surface area contributed by atoms with Crippen LogP contribution in [0.1, 0.15) is 39.4 Å². The highest BCUT2D eigenvalue weighted by atomic mass is 16.5. The number of rotatable bonds is 6. The number of benzene rings is 1. The molecule has 21 heavy (non-hydrogen) atoms. The highest BCUT2D eigenvalue weighted by Crippen LogP contribution is 2.12. The van der Waals surface area contributed by atoms with Gasteiger partial charge in [-0.2, -0.15) is 0 Å². The molecule has 0 aliphatic heterocycles.